The summed E-state index contributed by atoms with van der Waals surface area (Å²) >= 11 is 0. The quantitative estimate of drug-likeness (QED) is 0.598. The van der Waals surface area contributed by atoms with Gasteiger partial charge in [0, 0.05) is 17.3 Å². The van der Waals surface area contributed by atoms with Gasteiger partial charge in [-0.25, -0.2) is 0 Å². The molecular weight excluding hydrogens is 312 g/mol. The zero-order chi connectivity index (χ0) is 16.5. The highest BCUT2D eigenvalue weighted by Gasteiger charge is 2.34. The number of pyridine rings is 1. The Morgan fingerprint density at radius 2 is 1.50 bits per heavy atom. The fourth-order valence-electron chi connectivity index (χ4n) is 1.82. The van der Waals surface area contributed by atoms with Crippen LogP contribution in [0.1, 0.15) is 21.6 Å². The van der Waals surface area contributed by atoms with E-state index in [2.05, 4.69) is 4.98 Å². The van der Waals surface area contributed by atoms with Crippen molar-refractivity contribution < 1.29 is 31.1 Å². The third-order valence-electron chi connectivity index (χ3n) is 2.87. The van der Waals surface area contributed by atoms with Crippen molar-refractivity contribution in [2.75, 3.05) is 0 Å². The lowest BCUT2D eigenvalue weighted by molar-refractivity contribution is -0.141. The number of hydrogen-bond acceptors (Lipinski definition) is 2. The molecule has 0 aliphatic rings. The zero-order valence-electron chi connectivity index (χ0n) is 10.7. The molecule has 0 aliphatic carbocycles. The van der Waals surface area contributed by atoms with Crippen LogP contribution in [0.4, 0.5) is 26.3 Å². The summed E-state index contributed by atoms with van der Waals surface area (Å²) in [7, 11) is 0. The van der Waals surface area contributed by atoms with Crippen LogP contribution in [0.2, 0.25) is 0 Å². The third-order valence-corrected chi connectivity index (χ3v) is 2.87. The Bertz CT molecular complexity index is 688. The van der Waals surface area contributed by atoms with Crippen molar-refractivity contribution in [3.8, 4) is 11.1 Å². The Kier molecular flexibility index (Phi) is 3.95. The number of aldehydes is 1. The molecule has 1 heterocycles. The van der Waals surface area contributed by atoms with E-state index in [0.29, 0.717) is 12.1 Å². The highest BCUT2D eigenvalue weighted by molar-refractivity contribution is 5.80. The Hall–Kier alpha value is -2.38. The van der Waals surface area contributed by atoms with E-state index < -0.39 is 29.2 Å². The van der Waals surface area contributed by atoms with Gasteiger partial charge < -0.3 is 0 Å². The van der Waals surface area contributed by atoms with Crippen LogP contribution in [0, 0.1) is 0 Å². The van der Waals surface area contributed by atoms with Crippen molar-refractivity contribution in [3.05, 3.63) is 53.3 Å². The summed E-state index contributed by atoms with van der Waals surface area (Å²) in [4.78, 5) is 13.8. The van der Waals surface area contributed by atoms with Gasteiger partial charge in [0.25, 0.3) is 0 Å². The number of halogens is 6. The van der Waals surface area contributed by atoms with Gasteiger partial charge in [0.05, 0.1) is 5.56 Å². The fourth-order valence-corrected chi connectivity index (χ4v) is 1.82. The average molecular weight is 319 g/mol. The van der Waals surface area contributed by atoms with Crippen LogP contribution in [0.5, 0.6) is 0 Å². The number of alkyl halides is 6. The highest BCUT2D eigenvalue weighted by atomic mass is 19.4. The minimum Gasteiger partial charge on any atom is -0.298 e. The Morgan fingerprint density at radius 1 is 0.864 bits per heavy atom. The van der Waals surface area contributed by atoms with Gasteiger partial charge in [-0.2, -0.15) is 26.3 Å². The van der Waals surface area contributed by atoms with Gasteiger partial charge in [0.1, 0.15) is 5.69 Å². The van der Waals surface area contributed by atoms with Crippen LogP contribution < -0.4 is 0 Å². The van der Waals surface area contributed by atoms with Gasteiger partial charge in [0.2, 0.25) is 0 Å². The summed E-state index contributed by atoms with van der Waals surface area (Å²) in [6, 6.07) is 4.57. The molecule has 0 atom stereocenters. The van der Waals surface area contributed by atoms with Crippen molar-refractivity contribution in [2.45, 2.75) is 12.4 Å². The van der Waals surface area contributed by atoms with Crippen LogP contribution >= 0.6 is 0 Å². The van der Waals surface area contributed by atoms with Gasteiger partial charge >= 0.3 is 12.4 Å². The van der Waals surface area contributed by atoms with E-state index in [1.807, 2.05) is 0 Å². The van der Waals surface area contributed by atoms with E-state index in [0.717, 1.165) is 18.3 Å². The van der Waals surface area contributed by atoms with Crippen LogP contribution in [-0.2, 0) is 12.4 Å². The minimum atomic E-state index is -4.74. The predicted octanol–water partition coefficient (Wildman–Crippen LogP) is 4.60. The molecule has 8 heteroatoms. The van der Waals surface area contributed by atoms with E-state index >= 15 is 0 Å². The van der Waals surface area contributed by atoms with Crippen LogP contribution in [0.15, 0.2) is 36.5 Å². The molecule has 116 valence electrons. The van der Waals surface area contributed by atoms with Gasteiger partial charge in [0.15, 0.2) is 6.29 Å². The average Bonchev–Trinajstić information content (AvgIpc) is 2.45. The summed E-state index contributed by atoms with van der Waals surface area (Å²) in [5, 5.41) is 0. The van der Waals surface area contributed by atoms with Crippen molar-refractivity contribution in [1.82, 2.24) is 4.98 Å². The lowest BCUT2D eigenvalue weighted by atomic mass is 10.00. The summed E-state index contributed by atoms with van der Waals surface area (Å²) in [6.45, 7) is 0. The number of nitrogens with zero attached hydrogens (tertiary/aromatic N) is 1. The molecule has 0 saturated heterocycles. The molecule has 0 bridgehead atoms. The van der Waals surface area contributed by atoms with Crippen LogP contribution in [0.3, 0.4) is 0 Å². The maximum absolute atomic E-state index is 12.8. The van der Waals surface area contributed by atoms with E-state index in [4.69, 9.17) is 0 Å². The second-order valence-electron chi connectivity index (χ2n) is 4.35. The number of rotatable bonds is 2. The van der Waals surface area contributed by atoms with Crippen molar-refractivity contribution >= 4 is 6.29 Å². The van der Waals surface area contributed by atoms with E-state index in [1.165, 1.54) is 6.07 Å². The molecule has 1 aromatic carbocycles. The number of hydrogen-bond donors (Lipinski definition) is 0. The topological polar surface area (TPSA) is 30.0 Å². The first-order chi connectivity index (χ1) is 10.1. The monoisotopic (exact) mass is 319 g/mol. The molecule has 1 aromatic heterocycles. The first kappa shape index (κ1) is 16.0. The number of aromatic nitrogens is 1. The molecule has 0 saturated carbocycles. The molecule has 0 aliphatic heterocycles. The molecule has 2 nitrogen and oxygen atoms in total. The second-order valence-corrected chi connectivity index (χ2v) is 4.35. The number of carbonyl (C=O) groups excluding carboxylic acids is 1. The maximum atomic E-state index is 12.8. The number of carbonyl (C=O) groups is 1. The van der Waals surface area contributed by atoms with Gasteiger partial charge in [-0.1, -0.05) is 18.2 Å². The van der Waals surface area contributed by atoms with Crippen molar-refractivity contribution in [1.29, 1.82) is 0 Å². The standard InChI is InChI=1S/C14H7F6NO/c15-13(16,17)11-5-8(1-2-10(11)7-22)9-3-4-12(21-6-9)14(18,19)20/h1-7H. The normalized spacial score (nSPS) is 12.3. The minimum absolute atomic E-state index is 0.0131. The molecule has 0 N–H and O–H groups in total. The number of benzene rings is 1. The SMILES string of the molecule is O=Cc1ccc(-c2ccc(C(F)(F)F)nc2)cc1C(F)(F)F. The molecule has 2 rings (SSSR count). The molecule has 0 unspecified atom stereocenters. The predicted molar refractivity (Wildman–Crippen MR) is 65.1 cm³/mol. The van der Waals surface area contributed by atoms with Gasteiger partial charge in [-0.15, -0.1) is 0 Å². The molecule has 0 spiro atoms. The van der Waals surface area contributed by atoms with Gasteiger partial charge in [-0.05, 0) is 17.7 Å². The van der Waals surface area contributed by atoms with Crippen molar-refractivity contribution in [2.24, 2.45) is 0 Å². The molecule has 2 aromatic rings. The summed E-state index contributed by atoms with van der Waals surface area (Å²) in [6.07, 6.45) is -8.47. The molecule has 0 fully saturated rings. The molecule has 0 radical (unpaired) electrons. The smallest absolute Gasteiger partial charge is 0.298 e. The second kappa shape index (κ2) is 5.43. The Morgan fingerprint density at radius 3 is 1.95 bits per heavy atom. The summed E-state index contributed by atoms with van der Waals surface area (Å²) < 4.78 is 75.7. The van der Waals surface area contributed by atoms with E-state index in [1.54, 1.807) is 0 Å². The van der Waals surface area contributed by atoms with Gasteiger partial charge in [-0.3, -0.25) is 9.78 Å². The van der Waals surface area contributed by atoms with E-state index in [-0.39, 0.29) is 17.4 Å². The zero-order valence-corrected chi connectivity index (χ0v) is 10.7. The summed E-state index contributed by atoms with van der Waals surface area (Å²) in [5.74, 6) is 0. The Labute approximate surface area is 120 Å². The lowest BCUT2D eigenvalue weighted by Gasteiger charge is -2.12. The first-order valence-corrected chi connectivity index (χ1v) is 5.83. The van der Waals surface area contributed by atoms with E-state index in [9.17, 15) is 31.1 Å². The molecule has 22 heavy (non-hydrogen) atoms. The van der Waals surface area contributed by atoms with Crippen LogP contribution in [-0.4, -0.2) is 11.3 Å². The summed E-state index contributed by atoms with van der Waals surface area (Å²) in [5.41, 5.74) is -2.75. The maximum Gasteiger partial charge on any atom is 0.433 e. The first-order valence-electron chi connectivity index (χ1n) is 5.83. The largest absolute Gasteiger partial charge is 0.433 e. The molecular formula is C14H7F6NO. The van der Waals surface area contributed by atoms with Crippen LogP contribution in [0.25, 0.3) is 11.1 Å². The molecule has 0 amide bonds. The fraction of sp³-hybridized carbons (Fsp3) is 0.143. The third kappa shape index (κ3) is 3.26. The lowest BCUT2D eigenvalue weighted by Crippen LogP contribution is -2.09. The van der Waals surface area contributed by atoms with Crippen molar-refractivity contribution in [3.63, 3.8) is 0 Å². The highest BCUT2D eigenvalue weighted by Crippen LogP contribution is 2.35. The Balaban J connectivity index is 2.48.